The first kappa shape index (κ1) is 19.6. The van der Waals surface area contributed by atoms with Crippen LogP contribution in [0.2, 0.25) is 0 Å². The fourth-order valence-corrected chi connectivity index (χ4v) is 2.89. The highest BCUT2D eigenvalue weighted by Crippen LogP contribution is 2.29. The highest BCUT2D eigenvalue weighted by atomic mass is 16.5. The number of hydrogen-bond acceptors (Lipinski definition) is 2. The minimum Gasteiger partial charge on any atom is -0.487 e. The first-order chi connectivity index (χ1) is 11.0. The van der Waals surface area contributed by atoms with Crippen LogP contribution in [0, 0.1) is 25.2 Å². The van der Waals surface area contributed by atoms with Gasteiger partial charge in [-0.15, -0.1) is 0 Å². The zero-order valence-corrected chi connectivity index (χ0v) is 15.5. The molecule has 1 atom stereocenters. The molecular weight excluding hydrogens is 282 g/mol. The molecule has 0 spiro atoms. The molecule has 0 heterocycles. The second-order valence-electron chi connectivity index (χ2n) is 6.95. The highest BCUT2D eigenvalue weighted by molar-refractivity contribution is 5.36. The molecule has 128 valence electrons. The van der Waals surface area contributed by atoms with Gasteiger partial charge in [0.2, 0.25) is 0 Å². The minimum absolute atomic E-state index is 0.0686. The molecule has 2 nitrogen and oxygen atoms in total. The van der Waals surface area contributed by atoms with E-state index < -0.39 is 0 Å². The Morgan fingerprint density at radius 3 is 2.30 bits per heavy atom. The smallest absolute Gasteiger partial charge is 0.123 e. The Kier molecular flexibility index (Phi) is 8.77. The number of unbranched alkanes of at least 4 members (excludes halogenated alkanes) is 6. The second kappa shape index (κ2) is 10.3. The maximum absolute atomic E-state index is 8.52. The van der Waals surface area contributed by atoms with Crippen molar-refractivity contribution in [3.8, 4) is 11.8 Å². The maximum Gasteiger partial charge on any atom is 0.123 e. The van der Waals surface area contributed by atoms with Crippen LogP contribution in [-0.4, -0.2) is 5.60 Å². The molecule has 1 aromatic rings. The number of nitriles is 1. The van der Waals surface area contributed by atoms with Crippen molar-refractivity contribution in [2.24, 2.45) is 0 Å². The van der Waals surface area contributed by atoms with Gasteiger partial charge in [0.05, 0.1) is 6.07 Å². The summed E-state index contributed by atoms with van der Waals surface area (Å²) >= 11 is 0. The molecule has 1 aromatic carbocycles. The van der Waals surface area contributed by atoms with Crippen LogP contribution in [0.3, 0.4) is 0 Å². The molecule has 0 saturated carbocycles. The lowest BCUT2D eigenvalue weighted by Gasteiger charge is -2.30. The maximum atomic E-state index is 8.52. The van der Waals surface area contributed by atoms with Crippen LogP contribution in [0.4, 0.5) is 0 Å². The van der Waals surface area contributed by atoms with Gasteiger partial charge in [0.15, 0.2) is 0 Å². The Hall–Kier alpha value is -1.49. The molecular formula is C21H33NO. The van der Waals surface area contributed by atoms with Gasteiger partial charge in [0.1, 0.15) is 11.4 Å². The average Bonchev–Trinajstić information content (AvgIpc) is 2.53. The molecule has 2 heteroatoms. The van der Waals surface area contributed by atoms with E-state index >= 15 is 0 Å². The van der Waals surface area contributed by atoms with Crippen molar-refractivity contribution in [2.75, 3.05) is 0 Å². The van der Waals surface area contributed by atoms with Crippen LogP contribution in [0.25, 0.3) is 0 Å². The lowest BCUT2D eigenvalue weighted by atomic mass is 9.94. The fourth-order valence-electron chi connectivity index (χ4n) is 2.89. The summed E-state index contributed by atoms with van der Waals surface area (Å²) in [6.45, 7) is 8.69. The summed E-state index contributed by atoms with van der Waals surface area (Å²) in [4.78, 5) is 0. The Labute approximate surface area is 142 Å². The summed E-state index contributed by atoms with van der Waals surface area (Å²) in [7, 11) is 0. The lowest BCUT2D eigenvalue weighted by Crippen LogP contribution is -2.31. The van der Waals surface area contributed by atoms with E-state index in [1.807, 2.05) is 0 Å². The number of nitrogens with zero attached hydrogens (tertiary/aromatic N) is 1. The predicted molar refractivity (Wildman–Crippen MR) is 97.8 cm³/mol. The third-order valence-electron chi connectivity index (χ3n) is 4.68. The number of rotatable bonds is 11. The largest absolute Gasteiger partial charge is 0.487 e. The number of hydrogen-bond donors (Lipinski definition) is 0. The van der Waals surface area contributed by atoms with Crippen molar-refractivity contribution in [1.29, 1.82) is 5.26 Å². The molecule has 23 heavy (non-hydrogen) atoms. The van der Waals surface area contributed by atoms with Gasteiger partial charge in [-0.1, -0.05) is 50.3 Å². The first-order valence-electron chi connectivity index (χ1n) is 9.14. The lowest BCUT2D eigenvalue weighted by molar-refractivity contribution is 0.0710. The van der Waals surface area contributed by atoms with E-state index in [2.05, 4.69) is 52.0 Å². The van der Waals surface area contributed by atoms with Crippen molar-refractivity contribution in [1.82, 2.24) is 0 Å². The third-order valence-corrected chi connectivity index (χ3v) is 4.68. The van der Waals surface area contributed by atoms with Crippen LogP contribution in [0.1, 0.15) is 82.8 Å². The van der Waals surface area contributed by atoms with Crippen LogP contribution in [-0.2, 0) is 0 Å². The van der Waals surface area contributed by atoms with Gasteiger partial charge >= 0.3 is 0 Å². The monoisotopic (exact) mass is 315 g/mol. The van der Waals surface area contributed by atoms with Gasteiger partial charge in [-0.3, -0.25) is 0 Å². The Morgan fingerprint density at radius 1 is 1.04 bits per heavy atom. The van der Waals surface area contributed by atoms with Crippen molar-refractivity contribution in [3.05, 3.63) is 29.3 Å². The fraction of sp³-hybridized carbons (Fsp3) is 0.667. The van der Waals surface area contributed by atoms with Crippen LogP contribution >= 0.6 is 0 Å². The van der Waals surface area contributed by atoms with Crippen molar-refractivity contribution in [2.45, 2.75) is 91.1 Å². The van der Waals surface area contributed by atoms with Crippen molar-refractivity contribution < 1.29 is 4.74 Å². The van der Waals surface area contributed by atoms with E-state index in [0.717, 1.165) is 25.0 Å². The molecule has 0 aromatic heterocycles. The molecule has 0 N–H and O–H groups in total. The van der Waals surface area contributed by atoms with E-state index in [-0.39, 0.29) is 5.60 Å². The van der Waals surface area contributed by atoms with E-state index in [9.17, 15) is 0 Å². The highest BCUT2D eigenvalue weighted by Gasteiger charge is 2.24. The number of benzene rings is 1. The summed E-state index contributed by atoms with van der Waals surface area (Å²) in [5.41, 5.74) is 2.44. The zero-order valence-electron chi connectivity index (χ0n) is 15.5. The van der Waals surface area contributed by atoms with E-state index in [1.165, 1.54) is 43.2 Å². The molecule has 0 aliphatic heterocycles. The quantitative estimate of drug-likeness (QED) is 0.437. The molecule has 0 aliphatic carbocycles. The van der Waals surface area contributed by atoms with Gasteiger partial charge in [-0.2, -0.15) is 5.26 Å². The SMILES string of the molecule is CCC(C)(CCCCCCCCC#N)Oc1ccc(C)cc1C. The van der Waals surface area contributed by atoms with Gasteiger partial charge in [-0.25, -0.2) is 0 Å². The van der Waals surface area contributed by atoms with Crippen molar-refractivity contribution >= 4 is 0 Å². The van der Waals surface area contributed by atoms with E-state index in [0.29, 0.717) is 6.42 Å². The summed E-state index contributed by atoms with van der Waals surface area (Å²) in [6, 6.07) is 8.63. The molecule has 0 saturated heterocycles. The minimum atomic E-state index is -0.0686. The summed E-state index contributed by atoms with van der Waals surface area (Å²) < 4.78 is 6.36. The normalized spacial score (nSPS) is 13.3. The third kappa shape index (κ3) is 7.55. The topological polar surface area (TPSA) is 33.0 Å². The van der Waals surface area contributed by atoms with E-state index in [1.54, 1.807) is 0 Å². The molecule has 0 fully saturated rings. The Bertz CT molecular complexity index is 503. The molecule has 0 amide bonds. The predicted octanol–water partition coefficient (Wildman–Crippen LogP) is 6.50. The first-order valence-corrected chi connectivity index (χ1v) is 9.14. The molecule has 1 rings (SSSR count). The average molecular weight is 316 g/mol. The molecule has 0 aliphatic rings. The summed E-state index contributed by atoms with van der Waals surface area (Å²) in [5.74, 6) is 1.02. The van der Waals surface area contributed by atoms with Crippen LogP contribution < -0.4 is 4.74 Å². The van der Waals surface area contributed by atoms with Gasteiger partial charge in [0.25, 0.3) is 0 Å². The molecule has 1 unspecified atom stereocenters. The summed E-state index contributed by atoms with van der Waals surface area (Å²) in [6.07, 6.45) is 10.1. The Morgan fingerprint density at radius 2 is 1.70 bits per heavy atom. The Balaban J connectivity index is 2.35. The van der Waals surface area contributed by atoms with Gasteiger partial charge in [0, 0.05) is 6.42 Å². The number of ether oxygens (including phenoxy) is 1. The zero-order chi connectivity index (χ0) is 17.1. The second-order valence-corrected chi connectivity index (χ2v) is 6.95. The molecule has 0 radical (unpaired) electrons. The van der Waals surface area contributed by atoms with Gasteiger partial charge in [-0.05, 0) is 58.1 Å². The summed E-state index contributed by atoms with van der Waals surface area (Å²) in [5, 5.41) is 8.52. The van der Waals surface area contributed by atoms with Crippen molar-refractivity contribution in [3.63, 3.8) is 0 Å². The van der Waals surface area contributed by atoms with E-state index in [4.69, 9.17) is 10.00 Å². The molecule has 0 bridgehead atoms. The standard InChI is InChI=1S/C21H33NO/c1-5-21(4,15-11-9-7-6-8-10-12-16-22)23-20-14-13-18(2)17-19(20)3/h13-14,17H,5-12,15H2,1-4H3. The number of aryl methyl sites for hydroxylation is 2. The van der Waals surface area contributed by atoms with Gasteiger partial charge < -0.3 is 4.74 Å². The van der Waals surface area contributed by atoms with Crippen LogP contribution in [0.15, 0.2) is 18.2 Å². The van der Waals surface area contributed by atoms with Crippen LogP contribution in [0.5, 0.6) is 5.75 Å².